The zero-order valence-electron chi connectivity index (χ0n) is 11.0. The molecule has 0 aliphatic carbocycles. The number of rotatable bonds is 2. The van der Waals surface area contributed by atoms with Crippen LogP contribution in [0.25, 0.3) is 0 Å². The summed E-state index contributed by atoms with van der Waals surface area (Å²) >= 11 is 0. The van der Waals surface area contributed by atoms with Crippen LogP contribution in [0.1, 0.15) is 11.1 Å². The molecule has 1 aliphatic heterocycles. The summed E-state index contributed by atoms with van der Waals surface area (Å²) in [4.78, 5) is 20.4. The lowest BCUT2D eigenvalue weighted by Gasteiger charge is -1.98. The highest BCUT2D eigenvalue weighted by Gasteiger charge is 2.22. The molecule has 2 aromatic rings. The Morgan fingerprint density at radius 1 is 1.00 bits per heavy atom. The topological polar surface area (TPSA) is 53.8 Å². The van der Waals surface area contributed by atoms with Gasteiger partial charge in [-0.2, -0.15) is 0 Å². The second-order valence-electron chi connectivity index (χ2n) is 4.55. The minimum Gasteiger partial charge on any atom is -0.303 e. The van der Waals surface area contributed by atoms with Crippen molar-refractivity contribution in [3.8, 4) is 0 Å². The molecule has 20 heavy (non-hydrogen) atoms. The minimum absolute atomic E-state index is 0.188. The van der Waals surface area contributed by atoms with Crippen LogP contribution in [0, 0.1) is 6.92 Å². The van der Waals surface area contributed by atoms with Crippen LogP contribution < -0.4 is 5.32 Å². The number of aliphatic imine (C=N–C) groups is 2. The van der Waals surface area contributed by atoms with Crippen LogP contribution in [-0.2, 0) is 4.79 Å². The molecule has 3 rings (SSSR count). The lowest BCUT2D eigenvalue weighted by molar-refractivity contribution is -0.113. The number of aryl methyl sites for hydroxylation is 1. The Kier molecular flexibility index (Phi) is 3.13. The van der Waals surface area contributed by atoms with Crippen LogP contribution in [-0.4, -0.2) is 17.6 Å². The number of nitrogens with zero attached hydrogens (tertiary/aromatic N) is 2. The summed E-state index contributed by atoms with van der Waals surface area (Å²) in [5.74, 6) is 0.457. The van der Waals surface area contributed by atoms with Gasteiger partial charge in [0.15, 0.2) is 0 Å². The van der Waals surface area contributed by atoms with Crippen molar-refractivity contribution in [2.24, 2.45) is 9.98 Å². The second kappa shape index (κ2) is 5.09. The fraction of sp³-hybridized carbons (Fsp3) is 0.0625. The zero-order chi connectivity index (χ0) is 13.9. The third-order valence-electron chi connectivity index (χ3n) is 2.97. The molecule has 0 saturated heterocycles. The van der Waals surface area contributed by atoms with E-state index in [1.54, 1.807) is 0 Å². The fourth-order valence-electron chi connectivity index (χ4n) is 1.90. The molecule has 0 fully saturated rings. The smallest absolute Gasteiger partial charge is 0.294 e. The molecule has 98 valence electrons. The van der Waals surface area contributed by atoms with Crippen molar-refractivity contribution in [3.05, 3.63) is 65.7 Å². The summed E-state index contributed by atoms with van der Waals surface area (Å²) in [6.45, 7) is 2.00. The van der Waals surface area contributed by atoms with Gasteiger partial charge in [-0.25, -0.2) is 9.98 Å². The predicted octanol–water partition coefficient (Wildman–Crippen LogP) is 2.60. The van der Waals surface area contributed by atoms with Crippen molar-refractivity contribution in [1.82, 2.24) is 5.32 Å². The van der Waals surface area contributed by atoms with E-state index in [2.05, 4.69) is 15.3 Å². The monoisotopic (exact) mass is 263 g/mol. The van der Waals surface area contributed by atoms with Gasteiger partial charge in [0.05, 0.1) is 5.69 Å². The van der Waals surface area contributed by atoms with Gasteiger partial charge in [0, 0.05) is 5.56 Å². The van der Waals surface area contributed by atoms with Crippen molar-refractivity contribution in [1.29, 1.82) is 0 Å². The van der Waals surface area contributed by atoms with Gasteiger partial charge in [0.25, 0.3) is 5.91 Å². The lowest BCUT2D eigenvalue weighted by Crippen LogP contribution is -2.27. The molecule has 1 aliphatic rings. The summed E-state index contributed by atoms with van der Waals surface area (Å²) in [5.41, 5.74) is 2.74. The number of amides is 1. The Bertz CT molecular complexity index is 700. The van der Waals surface area contributed by atoms with Crippen LogP contribution in [0.2, 0.25) is 0 Å². The highest BCUT2D eigenvalue weighted by molar-refractivity contribution is 6.48. The van der Waals surface area contributed by atoms with Crippen molar-refractivity contribution < 1.29 is 4.79 Å². The quantitative estimate of drug-likeness (QED) is 0.889. The summed E-state index contributed by atoms with van der Waals surface area (Å²) in [6, 6.07) is 17.2. The maximum Gasteiger partial charge on any atom is 0.294 e. The first kappa shape index (κ1) is 12.3. The normalized spacial score (nSPS) is 16.1. The molecule has 0 atom stereocenters. The zero-order valence-corrected chi connectivity index (χ0v) is 11.0. The van der Waals surface area contributed by atoms with E-state index in [1.807, 2.05) is 61.5 Å². The molecule has 0 spiro atoms. The standard InChI is InChI=1S/C16H13N3O/c1-11-7-9-13(10-8-11)17-15-16(20)19-14(18-15)12-5-3-2-4-6-12/h2-10H,1H3,(H,17,18,19,20). The molecule has 1 heterocycles. The molecular formula is C16H13N3O. The minimum atomic E-state index is -0.274. The number of amidine groups is 2. The van der Waals surface area contributed by atoms with Gasteiger partial charge in [-0.1, -0.05) is 48.0 Å². The van der Waals surface area contributed by atoms with E-state index in [0.717, 1.165) is 16.8 Å². The third kappa shape index (κ3) is 2.49. The molecule has 0 radical (unpaired) electrons. The maximum absolute atomic E-state index is 11.9. The van der Waals surface area contributed by atoms with Crippen molar-refractivity contribution in [2.45, 2.75) is 6.92 Å². The lowest BCUT2D eigenvalue weighted by atomic mass is 10.2. The number of carbonyl (C=O) groups excluding carboxylic acids is 1. The Hall–Kier alpha value is -2.75. The molecule has 0 bridgehead atoms. The Morgan fingerprint density at radius 3 is 2.40 bits per heavy atom. The number of benzene rings is 2. The number of hydrogen-bond donors (Lipinski definition) is 1. The summed E-state index contributed by atoms with van der Waals surface area (Å²) < 4.78 is 0. The van der Waals surface area contributed by atoms with Crippen LogP contribution in [0.3, 0.4) is 0 Å². The molecule has 0 unspecified atom stereocenters. The second-order valence-corrected chi connectivity index (χ2v) is 4.55. The largest absolute Gasteiger partial charge is 0.303 e. The van der Waals surface area contributed by atoms with E-state index in [1.165, 1.54) is 0 Å². The third-order valence-corrected chi connectivity index (χ3v) is 2.97. The maximum atomic E-state index is 11.9. The first-order chi connectivity index (χ1) is 9.72. The molecule has 4 nitrogen and oxygen atoms in total. The van der Waals surface area contributed by atoms with Crippen LogP contribution >= 0.6 is 0 Å². The average Bonchev–Trinajstić information content (AvgIpc) is 2.84. The number of carbonyl (C=O) groups is 1. The van der Waals surface area contributed by atoms with Gasteiger partial charge < -0.3 is 5.32 Å². The molecule has 2 aromatic carbocycles. The Labute approximate surface area is 116 Å². The average molecular weight is 263 g/mol. The molecule has 0 aromatic heterocycles. The molecule has 4 heteroatoms. The van der Waals surface area contributed by atoms with Crippen LogP contribution in [0.15, 0.2) is 64.6 Å². The van der Waals surface area contributed by atoms with Gasteiger partial charge in [0.2, 0.25) is 5.84 Å². The first-order valence-electron chi connectivity index (χ1n) is 6.33. The van der Waals surface area contributed by atoms with Gasteiger partial charge in [-0.15, -0.1) is 0 Å². The van der Waals surface area contributed by atoms with Gasteiger partial charge in [-0.05, 0) is 19.1 Å². The number of hydrogen-bond acceptors (Lipinski definition) is 2. The van der Waals surface area contributed by atoms with Gasteiger partial charge >= 0.3 is 0 Å². The number of nitrogens with one attached hydrogen (secondary N) is 1. The highest BCUT2D eigenvalue weighted by Crippen LogP contribution is 2.14. The predicted molar refractivity (Wildman–Crippen MR) is 79.4 cm³/mol. The van der Waals surface area contributed by atoms with Crippen LogP contribution in [0.5, 0.6) is 0 Å². The Morgan fingerprint density at radius 2 is 1.70 bits per heavy atom. The summed E-state index contributed by atoms with van der Waals surface area (Å²) in [7, 11) is 0. The van der Waals surface area contributed by atoms with Crippen molar-refractivity contribution in [2.75, 3.05) is 0 Å². The van der Waals surface area contributed by atoms with Gasteiger partial charge in [0.1, 0.15) is 5.84 Å². The summed E-state index contributed by atoms with van der Waals surface area (Å²) in [5, 5.41) is 2.73. The van der Waals surface area contributed by atoms with E-state index >= 15 is 0 Å². The van der Waals surface area contributed by atoms with E-state index in [-0.39, 0.29) is 11.7 Å². The van der Waals surface area contributed by atoms with Crippen LogP contribution in [0.4, 0.5) is 5.69 Å². The Balaban J connectivity index is 1.92. The van der Waals surface area contributed by atoms with Crippen molar-refractivity contribution >= 4 is 23.3 Å². The highest BCUT2D eigenvalue weighted by atomic mass is 16.2. The SMILES string of the molecule is Cc1ccc(N=C2N=C(c3ccccc3)NC2=O)cc1. The molecular weight excluding hydrogens is 250 g/mol. The molecule has 0 saturated carbocycles. The van der Waals surface area contributed by atoms with E-state index in [4.69, 9.17) is 0 Å². The van der Waals surface area contributed by atoms with E-state index in [0.29, 0.717) is 5.84 Å². The summed E-state index contributed by atoms with van der Waals surface area (Å²) in [6.07, 6.45) is 0. The van der Waals surface area contributed by atoms with E-state index < -0.39 is 0 Å². The molecule has 1 amide bonds. The van der Waals surface area contributed by atoms with E-state index in [9.17, 15) is 4.79 Å². The first-order valence-corrected chi connectivity index (χ1v) is 6.33. The van der Waals surface area contributed by atoms with Crippen molar-refractivity contribution in [3.63, 3.8) is 0 Å². The fourth-order valence-corrected chi connectivity index (χ4v) is 1.90. The molecule has 1 N–H and O–H groups in total. The van der Waals surface area contributed by atoms with Gasteiger partial charge in [-0.3, -0.25) is 4.79 Å².